The van der Waals surface area contributed by atoms with Crippen LogP contribution in [-0.4, -0.2) is 37.1 Å². The van der Waals surface area contributed by atoms with Crippen molar-refractivity contribution in [3.63, 3.8) is 0 Å². The van der Waals surface area contributed by atoms with Crippen molar-refractivity contribution in [1.82, 2.24) is 10.6 Å². The molecule has 1 aliphatic rings. The Kier molecular flexibility index (Phi) is 5.42. The molecule has 1 fully saturated rings. The van der Waals surface area contributed by atoms with Crippen LogP contribution >= 0.6 is 11.6 Å². The number of ether oxygens (including phenoxy) is 1. The summed E-state index contributed by atoms with van der Waals surface area (Å²) in [6.07, 6.45) is 2.71. The zero-order valence-corrected chi connectivity index (χ0v) is 9.18. The molecular formula is C9H15ClN2O3. The topological polar surface area (TPSA) is 67.4 Å². The van der Waals surface area contributed by atoms with Crippen LogP contribution in [-0.2, 0) is 14.3 Å². The summed E-state index contributed by atoms with van der Waals surface area (Å²) in [7, 11) is 0. The van der Waals surface area contributed by atoms with Gasteiger partial charge in [-0.1, -0.05) is 0 Å². The monoisotopic (exact) mass is 234 g/mol. The van der Waals surface area contributed by atoms with Crippen LogP contribution in [0.3, 0.4) is 0 Å². The highest BCUT2D eigenvalue weighted by Gasteiger charge is 2.15. The van der Waals surface area contributed by atoms with Gasteiger partial charge < -0.3 is 15.4 Å². The molecule has 1 saturated heterocycles. The summed E-state index contributed by atoms with van der Waals surface area (Å²) in [5.74, 6) is -0.732. The van der Waals surface area contributed by atoms with E-state index in [1.54, 1.807) is 0 Å². The molecule has 2 amide bonds. The van der Waals surface area contributed by atoms with Crippen LogP contribution in [0.2, 0.25) is 0 Å². The van der Waals surface area contributed by atoms with Crippen molar-refractivity contribution in [3.05, 3.63) is 0 Å². The third-order valence-corrected chi connectivity index (χ3v) is 2.31. The normalized spacial score (nSPS) is 20.7. The summed E-state index contributed by atoms with van der Waals surface area (Å²) in [5, 5.41) is 5.06. The van der Waals surface area contributed by atoms with Crippen molar-refractivity contribution >= 4 is 23.4 Å². The van der Waals surface area contributed by atoms with Crippen LogP contribution in [0.25, 0.3) is 0 Å². The van der Waals surface area contributed by atoms with Gasteiger partial charge in [0.2, 0.25) is 11.8 Å². The Morgan fingerprint density at radius 1 is 1.33 bits per heavy atom. The second-order valence-electron chi connectivity index (χ2n) is 3.33. The van der Waals surface area contributed by atoms with Gasteiger partial charge in [0, 0.05) is 6.61 Å². The van der Waals surface area contributed by atoms with Crippen LogP contribution < -0.4 is 10.6 Å². The second-order valence-corrected chi connectivity index (χ2v) is 3.60. The molecule has 6 heteroatoms. The molecule has 1 atom stereocenters. The highest BCUT2D eigenvalue weighted by molar-refractivity contribution is 6.27. The van der Waals surface area contributed by atoms with Crippen LogP contribution in [0.15, 0.2) is 0 Å². The predicted octanol–water partition coefficient (Wildman–Crippen LogP) is -0.0158. The fourth-order valence-electron chi connectivity index (χ4n) is 1.31. The van der Waals surface area contributed by atoms with Gasteiger partial charge >= 0.3 is 0 Å². The molecule has 0 aromatic heterocycles. The van der Waals surface area contributed by atoms with E-state index in [1.165, 1.54) is 0 Å². The molecule has 1 rings (SSSR count). The van der Waals surface area contributed by atoms with Crippen molar-refractivity contribution in [1.29, 1.82) is 0 Å². The minimum atomic E-state index is -0.351. The van der Waals surface area contributed by atoms with E-state index < -0.39 is 0 Å². The summed E-state index contributed by atoms with van der Waals surface area (Å²) >= 11 is 5.26. The van der Waals surface area contributed by atoms with Gasteiger partial charge in [-0.25, -0.2) is 0 Å². The first-order valence-corrected chi connectivity index (χ1v) is 5.49. The number of carbonyl (C=O) groups is 2. The zero-order chi connectivity index (χ0) is 11.1. The lowest BCUT2D eigenvalue weighted by Gasteiger charge is -2.23. The zero-order valence-electron chi connectivity index (χ0n) is 8.42. The molecule has 0 saturated carbocycles. The highest BCUT2D eigenvalue weighted by Crippen LogP contribution is 2.09. The number of nitrogens with one attached hydrogen (secondary N) is 2. The van der Waals surface area contributed by atoms with Gasteiger partial charge in [-0.3, -0.25) is 9.59 Å². The molecule has 0 aromatic carbocycles. The van der Waals surface area contributed by atoms with Gasteiger partial charge in [0.15, 0.2) is 0 Å². The number of hydrogen-bond acceptors (Lipinski definition) is 3. The number of rotatable bonds is 4. The molecule has 0 spiro atoms. The maximum Gasteiger partial charge on any atom is 0.241 e. The second kappa shape index (κ2) is 6.63. The Labute approximate surface area is 93.5 Å². The fourth-order valence-corrected chi connectivity index (χ4v) is 1.41. The Bertz CT molecular complexity index is 229. The molecule has 1 aliphatic heterocycles. The average molecular weight is 235 g/mol. The Balaban J connectivity index is 2.14. The minimum absolute atomic E-state index is 0.0502. The lowest BCUT2D eigenvalue weighted by molar-refractivity contribution is -0.128. The summed E-state index contributed by atoms with van der Waals surface area (Å²) < 4.78 is 5.31. The van der Waals surface area contributed by atoms with Crippen LogP contribution in [0.1, 0.15) is 19.3 Å². The molecule has 1 heterocycles. The third kappa shape index (κ3) is 4.99. The van der Waals surface area contributed by atoms with Gasteiger partial charge in [-0.05, 0) is 19.3 Å². The molecule has 2 N–H and O–H groups in total. The summed E-state index contributed by atoms with van der Waals surface area (Å²) in [6.45, 7) is 0.629. The molecule has 15 heavy (non-hydrogen) atoms. The van der Waals surface area contributed by atoms with E-state index in [2.05, 4.69) is 10.6 Å². The third-order valence-electron chi connectivity index (χ3n) is 2.07. The van der Waals surface area contributed by atoms with Gasteiger partial charge in [0.1, 0.15) is 12.1 Å². The average Bonchev–Trinajstić information content (AvgIpc) is 2.27. The lowest BCUT2D eigenvalue weighted by Crippen LogP contribution is -2.44. The van der Waals surface area contributed by atoms with Gasteiger partial charge in [0.05, 0.1) is 6.54 Å². The molecule has 0 aromatic rings. The predicted molar refractivity (Wildman–Crippen MR) is 55.5 cm³/mol. The van der Waals surface area contributed by atoms with Gasteiger partial charge in [-0.2, -0.15) is 0 Å². The maximum atomic E-state index is 11.3. The first-order chi connectivity index (χ1) is 7.22. The summed E-state index contributed by atoms with van der Waals surface area (Å²) in [6, 6.07) is 0. The molecule has 0 aliphatic carbocycles. The van der Waals surface area contributed by atoms with Crippen LogP contribution in [0.5, 0.6) is 0 Å². The van der Waals surface area contributed by atoms with Crippen molar-refractivity contribution in [2.24, 2.45) is 0 Å². The molecule has 0 unspecified atom stereocenters. The Morgan fingerprint density at radius 2 is 2.13 bits per heavy atom. The summed E-state index contributed by atoms with van der Waals surface area (Å²) in [4.78, 5) is 22.0. The maximum absolute atomic E-state index is 11.3. The largest absolute Gasteiger partial charge is 0.359 e. The van der Waals surface area contributed by atoms with E-state index in [4.69, 9.17) is 16.3 Å². The van der Waals surface area contributed by atoms with Crippen LogP contribution in [0, 0.1) is 0 Å². The van der Waals surface area contributed by atoms with E-state index in [0.717, 1.165) is 19.3 Å². The van der Waals surface area contributed by atoms with Crippen molar-refractivity contribution < 1.29 is 14.3 Å². The molecule has 5 nitrogen and oxygen atoms in total. The van der Waals surface area contributed by atoms with Gasteiger partial charge in [-0.15, -0.1) is 11.6 Å². The van der Waals surface area contributed by atoms with Crippen molar-refractivity contribution in [3.8, 4) is 0 Å². The SMILES string of the molecule is O=C(CCl)NCC(=O)N[C@H]1CCCCO1. The molecule has 0 radical (unpaired) electrons. The Morgan fingerprint density at radius 3 is 2.73 bits per heavy atom. The summed E-state index contributed by atoms with van der Waals surface area (Å²) in [5.41, 5.74) is 0. The quantitative estimate of drug-likeness (QED) is 0.672. The molecule has 0 bridgehead atoms. The van der Waals surface area contributed by atoms with Crippen molar-refractivity contribution in [2.75, 3.05) is 19.0 Å². The highest BCUT2D eigenvalue weighted by atomic mass is 35.5. The van der Waals surface area contributed by atoms with E-state index >= 15 is 0 Å². The minimum Gasteiger partial charge on any atom is -0.359 e. The first-order valence-electron chi connectivity index (χ1n) is 4.96. The lowest BCUT2D eigenvalue weighted by atomic mass is 10.2. The number of carbonyl (C=O) groups excluding carboxylic acids is 2. The van der Waals surface area contributed by atoms with Gasteiger partial charge in [0.25, 0.3) is 0 Å². The van der Waals surface area contributed by atoms with E-state index in [9.17, 15) is 9.59 Å². The van der Waals surface area contributed by atoms with Crippen molar-refractivity contribution in [2.45, 2.75) is 25.5 Å². The Hall–Kier alpha value is -0.810. The molecular weight excluding hydrogens is 220 g/mol. The number of alkyl halides is 1. The van der Waals surface area contributed by atoms with E-state index in [0.29, 0.717) is 6.61 Å². The fraction of sp³-hybridized carbons (Fsp3) is 0.778. The smallest absolute Gasteiger partial charge is 0.241 e. The number of amides is 2. The first kappa shape index (κ1) is 12.3. The van der Waals surface area contributed by atoms with Crippen LogP contribution in [0.4, 0.5) is 0 Å². The molecule has 86 valence electrons. The number of hydrogen-bond donors (Lipinski definition) is 2. The van der Waals surface area contributed by atoms with E-state index in [1.807, 2.05) is 0 Å². The standard InChI is InChI=1S/C9H15ClN2O3/c10-5-7(13)11-6-8(14)12-9-3-1-2-4-15-9/h9H,1-6H2,(H,11,13)(H,12,14)/t9-/m1/s1. The number of halogens is 1. The van der Waals surface area contributed by atoms with E-state index in [-0.39, 0.29) is 30.5 Å².